The summed E-state index contributed by atoms with van der Waals surface area (Å²) in [5, 5.41) is 8.36. The van der Waals surface area contributed by atoms with Crippen LogP contribution in [0.4, 0.5) is 0 Å². The minimum absolute atomic E-state index is 0. The molecule has 0 atom stereocenters. The Bertz CT molecular complexity index is 103. The quantitative estimate of drug-likeness (QED) is 0.397. The number of hydrogen-bond acceptors (Lipinski definition) is 2. The van der Waals surface area contributed by atoms with Crippen LogP contribution in [-0.2, 0) is 27.2 Å². The molecule has 0 aliphatic heterocycles. The fourth-order valence-electron chi connectivity index (χ4n) is 0.294. The van der Waals surface area contributed by atoms with Gasteiger partial charge in [-0.25, -0.2) is 0 Å². The van der Waals surface area contributed by atoms with Gasteiger partial charge < -0.3 is 5.11 Å². The first-order valence-electron chi connectivity index (χ1n) is 2.01. The van der Waals surface area contributed by atoms with Crippen LogP contribution in [0.2, 0.25) is 0 Å². The first-order valence-corrected chi connectivity index (χ1v) is 2.01. The summed E-state index contributed by atoms with van der Waals surface area (Å²) < 4.78 is 0. The smallest absolute Gasteiger partial charge is 0.155 e. The molecular weight excluding hydrogens is 200 g/mol. The van der Waals surface area contributed by atoms with Crippen molar-refractivity contribution in [2.75, 3.05) is 0 Å². The molecule has 1 N–H and O–H groups in total. The third kappa shape index (κ3) is 9.34. The zero-order valence-electron chi connectivity index (χ0n) is 4.73. The van der Waals surface area contributed by atoms with E-state index >= 15 is 0 Å². The van der Waals surface area contributed by atoms with E-state index in [0.717, 1.165) is 0 Å². The van der Waals surface area contributed by atoms with Crippen LogP contribution in [0.15, 0.2) is 11.8 Å². The van der Waals surface area contributed by atoms with Crippen molar-refractivity contribution in [3.8, 4) is 0 Å². The van der Waals surface area contributed by atoms with E-state index in [0.29, 0.717) is 0 Å². The molecule has 3 heteroatoms. The van der Waals surface area contributed by atoms with Gasteiger partial charge in [0.2, 0.25) is 0 Å². The van der Waals surface area contributed by atoms with Crippen molar-refractivity contribution in [1.29, 1.82) is 0 Å². The van der Waals surface area contributed by atoms with Crippen molar-refractivity contribution in [2.45, 2.75) is 13.8 Å². The third-order valence-electron chi connectivity index (χ3n) is 0.412. The Morgan fingerprint density at radius 1 is 1.50 bits per heavy atom. The van der Waals surface area contributed by atoms with Gasteiger partial charge in [0.25, 0.3) is 0 Å². The SMILES string of the molecule is CC(=O)/C=C(\C)O.[Ag]. The second-order valence-electron chi connectivity index (χ2n) is 1.40. The molecule has 0 saturated carbocycles. The molecule has 1 radical (unpaired) electrons. The third-order valence-corrected chi connectivity index (χ3v) is 0.412. The van der Waals surface area contributed by atoms with E-state index in [4.69, 9.17) is 5.11 Å². The van der Waals surface area contributed by atoms with Gasteiger partial charge in [0.1, 0.15) is 0 Å². The second-order valence-corrected chi connectivity index (χ2v) is 1.40. The van der Waals surface area contributed by atoms with Gasteiger partial charge in [0, 0.05) is 28.5 Å². The maximum Gasteiger partial charge on any atom is 0.155 e. The molecule has 0 amide bonds. The topological polar surface area (TPSA) is 37.3 Å². The fourth-order valence-corrected chi connectivity index (χ4v) is 0.294. The van der Waals surface area contributed by atoms with Gasteiger partial charge in [0.05, 0.1) is 5.76 Å². The predicted octanol–water partition coefficient (Wildman–Crippen LogP) is 1.03. The number of carbonyl (C=O) groups excluding carboxylic acids is 1. The number of ketones is 1. The van der Waals surface area contributed by atoms with E-state index in [-0.39, 0.29) is 33.9 Å². The number of allylic oxidation sites excluding steroid dienone is 2. The summed E-state index contributed by atoms with van der Waals surface area (Å²) in [6.45, 7) is 2.85. The Morgan fingerprint density at radius 3 is 1.88 bits per heavy atom. The van der Waals surface area contributed by atoms with Gasteiger partial charge in [0.15, 0.2) is 5.78 Å². The molecule has 0 bridgehead atoms. The van der Waals surface area contributed by atoms with Gasteiger partial charge in [-0.3, -0.25) is 4.79 Å². The normalized spacial score (nSPS) is 10.0. The molecule has 0 spiro atoms. The summed E-state index contributed by atoms with van der Waals surface area (Å²) in [5.41, 5.74) is 0. The molecule has 0 aliphatic rings. The molecule has 0 unspecified atom stereocenters. The molecule has 0 aromatic heterocycles. The summed E-state index contributed by atoms with van der Waals surface area (Å²) in [7, 11) is 0. The number of hydrogen-bond donors (Lipinski definition) is 1. The van der Waals surface area contributed by atoms with E-state index < -0.39 is 0 Å². The average molecular weight is 208 g/mol. The van der Waals surface area contributed by atoms with Crippen LogP contribution in [0.3, 0.4) is 0 Å². The molecule has 0 rings (SSSR count). The van der Waals surface area contributed by atoms with Crippen LogP contribution in [-0.4, -0.2) is 10.9 Å². The summed E-state index contributed by atoms with van der Waals surface area (Å²) in [6, 6.07) is 0. The summed E-state index contributed by atoms with van der Waals surface area (Å²) >= 11 is 0. The maximum atomic E-state index is 10.0. The monoisotopic (exact) mass is 207 g/mol. The molecular formula is C5H8AgO2. The molecule has 0 fully saturated rings. The van der Waals surface area contributed by atoms with Crippen molar-refractivity contribution < 1.29 is 32.3 Å². The van der Waals surface area contributed by atoms with Crippen molar-refractivity contribution in [3.63, 3.8) is 0 Å². The number of carbonyl (C=O) groups is 1. The van der Waals surface area contributed by atoms with E-state index in [2.05, 4.69) is 0 Å². The van der Waals surface area contributed by atoms with Crippen LogP contribution >= 0.6 is 0 Å². The number of aliphatic hydroxyl groups excluding tert-OH is 1. The average Bonchev–Trinajstić information content (AvgIpc) is 1.27. The zero-order chi connectivity index (χ0) is 5.86. The summed E-state index contributed by atoms with van der Waals surface area (Å²) in [5.74, 6) is -0.0625. The van der Waals surface area contributed by atoms with Crippen LogP contribution in [0.1, 0.15) is 13.8 Å². The first-order chi connectivity index (χ1) is 3.13. The first kappa shape index (κ1) is 10.8. The molecule has 0 aromatic carbocycles. The van der Waals surface area contributed by atoms with Gasteiger partial charge >= 0.3 is 0 Å². The van der Waals surface area contributed by atoms with Crippen LogP contribution in [0.5, 0.6) is 0 Å². The van der Waals surface area contributed by atoms with Gasteiger partial charge in [-0.1, -0.05) is 0 Å². The van der Waals surface area contributed by atoms with Gasteiger partial charge in [-0.15, -0.1) is 0 Å². The second kappa shape index (κ2) is 5.09. The Kier molecular flexibility index (Phi) is 6.91. The Labute approximate surface area is 64.1 Å². The van der Waals surface area contributed by atoms with Crippen LogP contribution in [0.25, 0.3) is 0 Å². The Morgan fingerprint density at radius 2 is 1.88 bits per heavy atom. The van der Waals surface area contributed by atoms with Crippen molar-refractivity contribution in [2.24, 2.45) is 0 Å². The number of rotatable bonds is 1. The van der Waals surface area contributed by atoms with Crippen molar-refractivity contribution in [1.82, 2.24) is 0 Å². The van der Waals surface area contributed by atoms with Crippen molar-refractivity contribution in [3.05, 3.63) is 11.8 Å². The molecule has 51 valence electrons. The largest absolute Gasteiger partial charge is 0.512 e. The molecule has 0 aromatic rings. The minimum Gasteiger partial charge on any atom is -0.512 e. The van der Waals surface area contributed by atoms with Crippen molar-refractivity contribution >= 4 is 5.78 Å². The zero-order valence-corrected chi connectivity index (χ0v) is 6.22. The molecule has 0 aliphatic carbocycles. The summed E-state index contributed by atoms with van der Waals surface area (Å²) in [6.07, 6.45) is 1.17. The van der Waals surface area contributed by atoms with Gasteiger partial charge in [-0.05, 0) is 13.8 Å². The molecule has 8 heavy (non-hydrogen) atoms. The molecule has 0 heterocycles. The van der Waals surface area contributed by atoms with E-state index in [1.54, 1.807) is 0 Å². The maximum absolute atomic E-state index is 10.0. The van der Waals surface area contributed by atoms with E-state index in [9.17, 15) is 4.79 Å². The van der Waals surface area contributed by atoms with Crippen LogP contribution in [0, 0.1) is 0 Å². The minimum atomic E-state index is -0.125. The summed E-state index contributed by atoms with van der Waals surface area (Å²) in [4.78, 5) is 10.0. The van der Waals surface area contributed by atoms with Gasteiger partial charge in [-0.2, -0.15) is 0 Å². The molecule has 0 saturated heterocycles. The Hall–Kier alpha value is -0.0497. The predicted molar refractivity (Wildman–Crippen MR) is 27.1 cm³/mol. The van der Waals surface area contributed by atoms with E-state index in [1.807, 2.05) is 0 Å². The number of aliphatic hydroxyl groups is 1. The van der Waals surface area contributed by atoms with Crippen LogP contribution < -0.4 is 0 Å². The van der Waals surface area contributed by atoms with E-state index in [1.165, 1.54) is 19.9 Å². The standard InChI is InChI=1S/C5H8O2.Ag/c1-4(6)3-5(2)7;/h3,6H,1-2H3;/b4-3+;. The fraction of sp³-hybridized carbons (Fsp3) is 0.400. The molecule has 2 nitrogen and oxygen atoms in total. The Balaban J connectivity index is 0.